The van der Waals surface area contributed by atoms with Crippen molar-refractivity contribution in [1.82, 2.24) is 5.32 Å². The zero-order chi connectivity index (χ0) is 13.4. The maximum atomic E-state index is 11.9. The van der Waals surface area contributed by atoms with Gasteiger partial charge in [-0.3, -0.25) is 9.00 Å². The number of benzene rings is 1. The molecule has 0 aliphatic heterocycles. The van der Waals surface area contributed by atoms with Gasteiger partial charge < -0.3 is 5.32 Å². The highest BCUT2D eigenvalue weighted by atomic mass is 79.9. The Morgan fingerprint density at radius 1 is 1.33 bits per heavy atom. The van der Waals surface area contributed by atoms with Crippen molar-refractivity contribution in [2.75, 3.05) is 12.3 Å². The lowest BCUT2D eigenvalue weighted by Crippen LogP contribution is -2.23. The molecule has 0 saturated heterocycles. The Morgan fingerprint density at radius 3 is 2.61 bits per heavy atom. The van der Waals surface area contributed by atoms with Crippen LogP contribution in [-0.2, 0) is 15.6 Å². The lowest BCUT2D eigenvalue weighted by atomic mass is 10.3. The third-order valence-electron chi connectivity index (χ3n) is 2.38. The van der Waals surface area contributed by atoms with Gasteiger partial charge in [-0.2, -0.15) is 0 Å². The van der Waals surface area contributed by atoms with Crippen molar-refractivity contribution in [1.29, 1.82) is 0 Å². The van der Waals surface area contributed by atoms with Gasteiger partial charge in [0.2, 0.25) is 5.91 Å². The summed E-state index contributed by atoms with van der Waals surface area (Å²) in [4.78, 5) is 12.2. The summed E-state index contributed by atoms with van der Waals surface area (Å²) in [6.07, 6.45) is 2.04. The van der Waals surface area contributed by atoms with E-state index in [0.29, 0.717) is 25.1 Å². The molecule has 1 amide bonds. The van der Waals surface area contributed by atoms with Crippen LogP contribution in [0.2, 0.25) is 0 Å². The minimum absolute atomic E-state index is 0.0460. The molecule has 0 bridgehead atoms. The summed E-state index contributed by atoms with van der Waals surface area (Å²) in [5, 5.41) is 2.81. The fourth-order valence-electron chi connectivity index (χ4n) is 1.42. The molecule has 1 N–H and O–H groups in total. The Bertz CT molecular complexity index is 406. The predicted molar refractivity (Wildman–Crippen MR) is 78.0 cm³/mol. The third-order valence-corrected chi connectivity index (χ3v) is 4.37. The van der Waals surface area contributed by atoms with Gasteiger partial charge in [-0.1, -0.05) is 22.9 Å². The minimum Gasteiger partial charge on any atom is -0.356 e. The van der Waals surface area contributed by atoms with Gasteiger partial charge in [-0.25, -0.2) is 0 Å². The van der Waals surface area contributed by atoms with Gasteiger partial charge in [0.05, 0.1) is 10.8 Å². The summed E-state index contributed by atoms with van der Waals surface area (Å²) in [6, 6.07) is 7.44. The SMILES string of the molecule is CCCNC(=O)CCCS(=O)c1ccc(Br)cc1. The first-order chi connectivity index (χ1) is 8.63. The molecular formula is C13H18BrNO2S. The molecule has 100 valence electrons. The molecule has 0 aromatic heterocycles. The van der Waals surface area contributed by atoms with E-state index in [1.165, 1.54) is 0 Å². The number of halogens is 1. The molecule has 0 heterocycles. The third kappa shape index (κ3) is 5.78. The first-order valence-corrected chi connectivity index (χ1v) is 8.15. The van der Waals surface area contributed by atoms with E-state index in [2.05, 4.69) is 21.2 Å². The van der Waals surface area contributed by atoms with Crippen LogP contribution < -0.4 is 5.32 Å². The second kappa shape index (κ2) is 8.43. The van der Waals surface area contributed by atoms with Crippen molar-refractivity contribution in [3.63, 3.8) is 0 Å². The van der Waals surface area contributed by atoms with Crippen molar-refractivity contribution in [3.05, 3.63) is 28.7 Å². The van der Waals surface area contributed by atoms with E-state index >= 15 is 0 Å². The molecule has 0 fully saturated rings. The van der Waals surface area contributed by atoms with E-state index in [9.17, 15) is 9.00 Å². The highest BCUT2D eigenvalue weighted by molar-refractivity contribution is 9.10. The van der Waals surface area contributed by atoms with E-state index in [1.54, 1.807) is 0 Å². The Labute approximate surface area is 119 Å². The van der Waals surface area contributed by atoms with Crippen molar-refractivity contribution in [2.45, 2.75) is 31.1 Å². The van der Waals surface area contributed by atoms with E-state index in [4.69, 9.17) is 0 Å². The van der Waals surface area contributed by atoms with E-state index in [0.717, 1.165) is 15.8 Å². The highest BCUT2D eigenvalue weighted by Crippen LogP contribution is 2.14. The van der Waals surface area contributed by atoms with Crippen LogP contribution in [0.3, 0.4) is 0 Å². The lowest BCUT2D eigenvalue weighted by Gasteiger charge is -2.04. The van der Waals surface area contributed by atoms with Crippen molar-refractivity contribution >= 4 is 32.6 Å². The number of nitrogens with one attached hydrogen (secondary N) is 1. The molecule has 1 rings (SSSR count). The Balaban J connectivity index is 2.29. The summed E-state index contributed by atoms with van der Waals surface area (Å²) in [6.45, 7) is 2.73. The standard InChI is InChI=1S/C13H18BrNO2S/c1-2-9-15-13(16)4-3-10-18(17)12-7-5-11(14)6-8-12/h5-8H,2-4,9-10H2,1H3,(H,15,16). The Morgan fingerprint density at radius 2 is 2.00 bits per heavy atom. The Hall–Kier alpha value is -0.680. The average Bonchev–Trinajstić information content (AvgIpc) is 2.37. The zero-order valence-corrected chi connectivity index (χ0v) is 12.9. The van der Waals surface area contributed by atoms with Gasteiger partial charge in [0, 0.05) is 28.1 Å². The molecule has 18 heavy (non-hydrogen) atoms. The molecule has 3 nitrogen and oxygen atoms in total. The molecule has 0 spiro atoms. The Kier molecular flexibility index (Phi) is 7.20. The first-order valence-electron chi connectivity index (χ1n) is 6.04. The fourth-order valence-corrected chi connectivity index (χ4v) is 2.77. The smallest absolute Gasteiger partial charge is 0.220 e. The van der Waals surface area contributed by atoms with Crippen molar-refractivity contribution < 1.29 is 9.00 Å². The monoisotopic (exact) mass is 331 g/mol. The van der Waals surface area contributed by atoms with E-state index in [-0.39, 0.29) is 5.91 Å². The molecular weight excluding hydrogens is 314 g/mol. The average molecular weight is 332 g/mol. The summed E-state index contributed by atoms with van der Waals surface area (Å²) < 4.78 is 12.9. The molecule has 0 saturated carbocycles. The van der Waals surface area contributed by atoms with Crippen LogP contribution in [0, 0.1) is 0 Å². The quantitative estimate of drug-likeness (QED) is 0.835. The second-order valence-electron chi connectivity index (χ2n) is 3.96. The highest BCUT2D eigenvalue weighted by Gasteiger charge is 2.05. The van der Waals surface area contributed by atoms with Crippen LogP contribution in [-0.4, -0.2) is 22.4 Å². The van der Waals surface area contributed by atoms with Gasteiger partial charge >= 0.3 is 0 Å². The molecule has 0 aliphatic rings. The molecule has 0 aliphatic carbocycles. The van der Waals surface area contributed by atoms with Crippen LogP contribution in [0.4, 0.5) is 0 Å². The largest absolute Gasteiger partial charge is 0.356 e. The maximum absolute atomic E-state index is 11.9. The molecule has 1 unspecified atom stereocenters. The molecule has 1 atom stereocenters. The van der Waals surface area contributed by atoms with Gasteiger partial charge in [-0.05, 0) is 37.1 Å². The van der Waals surface area contributed by atoms with E-state index < -0.39 is 10.8 Å². The summed E-state index contributed by atoms with van der Waals surface area (Å²) in [5.41, 5.74) is 0. The number of rotatable bonds is 7. The minimum atomic E-state index is -1.01. The fraction of sp³-hybridized carbons (Fsp3) is 0.462. The number of amides is 1. The van der Waals surface area contributed by atoms with Crippen LogP contribution in [0.25, 0.3) is 0 Å². The topological polar surface area (TPSA) is 46.2 Å². The molecule has 0 radical (unpaired) electrons. The van der Waals surface area contributed by atoms with Gasteiger partial charge in [0.1, 0.15) is 0 Å². The number of hydrogen-bond donors (Lipinski definition) is 1. The summed E-state index contributed by atoms with van der Waals surface area (Å²) >= 11 is 3.34. The van der Waals surface area contributed by atoms with Crippen molar-refractivity contribution in [2.24, 2.45) is 0 Å². The first kappa shape index (κ1) is 15.4. The van der Waals surface area contributed by atoms with Crippen LogP contribution >= 0.6 is 15.9 Å². The van der Waals surface area contributed by atoms with Crippen LogP contribution in [0.15, 0.2) is 33.6 Å². The van der Waals surface area contributed by atoms with Crippen LogP contribution in [0.5, 0.6) is 0 Å². The molecule has 1 aromatic rings. The molecule has 5 heteroatoms. The second-order valence-corrected chi connectivity index (χ2v) is 6.44. The number of carbonyl (C=O) groups is 1. The number of carbonyl (C=O) groups excluding carboxylic acids is 1. The number of hydrogen-bond acceptors (Lipinski definition) is 2. The summed E-state index contributed by atoms with van der Waals surface area (Å²) in [5.74, 6) is 0.575. The summed E-state index contributed by atoms with van der Waals surface area (Å²) in [7, 11) is -1.01. The lowest BCUT2D eigenvalue weighted by molar-refractivity contribution is -0.121. The van der Waals surface area contributed by atoms with Gasteiger partial charge in [0.25, 0.3) is 0 Å². The maximum Gasteiger partial charge on any atom is 0.220 e. The normalized spacial score (nSPS) is 12.1. The zero-order valence-electron chi connectivity index (χ0n) is 10.4. The van der Waals surface area contributed by atoms with Crippen LogP contribution in [0.1, 0.15) is 26.2 Å². The van der Waals surface area contributed by atoms with E-state index in [1.807, 2.05) is 31.2 Å². The van der Waals surface area contributed by atoms with Gasteiger partial charge in [-0.15, -0.1) is 0 Å². The van der Waals surface area contributed by atoms with Gasteiger partial charge in [0.15, 0.2) is 0 Å². The van der Waals surface area contributed by atoms with Crippen molar-refractivity contribution in [3.8, 4) is 0 Å². The molecule has 1 aromatic carbocycles. The predicted octanol–water partition coefficient (Wildman–Crippen LogP) is 2.86.